The molecule has 0 aliphatic carbocycles. The normalized spacial score (nSPS) is 14.4. The van der Waals surface area contributed by atoms with Crippen molar-refractivity contribution in [1.29, 1.82) is 0 Å². The minimum Gasteiger partial charge on any atom is -0.494 e. The summed E-state index contributed by atoms with van der Waals surface area (Å²) in [5.74, 6) is 2.59. The number of anilines is 1. The number of carbonyl (C=O) groups is 1. The summed E-state index contributed by atoms with van der Waals surface area (Å²) in [6.07, 6.45) is 4.14. The van der Waals surface area contributed by atoms with Gasteiger partial charge in [-0.2, -0.15) is 10.1 Å². The summed E-state index contributed by atoms with van der Waals surface area (Å²) in [7, 11) is 1.82. The zero-order valence-corrected chi connectivity index (χ0v) is 17.4. The van der Waals surface area contributed by atoms with E-state index in [4.69, 9.17) is 4.74 Å². The summed E-state index contributed by atoms with van der Waals surface area (Å²) < 4.78 is 7.38. The van der Waals surface area contributed by atoms with Crippen LogP contribution in [0.2, 0.25) is 0 Å². The number of aryl methyl sites for hydroxylation is 2. The highest BCUT2D eigenvalue weighted by molar-refractivity contribution is 5.88. The molecule has 0 radical (unpaired) electrons. The molecule has 0 bridgehead atoms. The fourth-order valence-electron chi connectivity index (χ4n) is 3.24. The molecule has 0 unspecified atom stereocenters. The Labute approximate surface area is 172 Å². The number of aromatic nitrogens is 3. The molecule has 2 heterocycles. The van der Waals surface area contributed by atoms with Gasteiger partial charge in [0.1, 0.15) is 5.75 Å². The van der Waals surface area contributed by atoms with Gasteiger partial charge >= 0.3 is 0 Å². The fourth-order valence-corrected chi connectivity index (χ4v) is 3.24. The van der Waals surface area contributed by atoms with Crippen molar-refractivity contribution in [3.8, 4) is 5.75 Å². The number of benzene rings is 1. The maximum absolute atomic E-state index is 12.2. The highest BCUT2D eigenvalue weighted by atomic mass is 35.5. The number of amides is 1. The first-order valence-corrected chi connectivity index (χ1v) is 9.73. The maximum atomic E-state index is 12.2. The predicted molar refractivity (Wildman–Crippen MR) is 112 cm³/mol. The lowest BCUT2D eigenvalue weighted by Gasteiger charge is -2.19. The molecule has 8 heteroatoms. The highest BCUT2D eigenvalue weighted by Gasteiger charge is 2.21. The average molecular weight is 408 g/mol. The van der Waals surface area contributed by atoms with Gasteiger partial charge in [0.15, 0.2) is 5.82 Å². The molecule has 2 N–H and O–H groups in total. The molecule has 1 amide bonds. The van der Waals surface area contributed by atoms with E-state index in [1.807, 2.05) is 38.2 Å². The van der Waals surface area contributed by atoms with Gasteiger partial charge in [0.2, 0.25) is 11.9 Å². The molecule has 7 nitrogen and oxygen atoms in total. The summed E-state index contributed by atoms with van der Waals surface area (Å²) in [6.45, 7) is 4.64. The third-order valence-corrected chi connectivity index (χ3v) is 4.79. The standard InChI is InChI=1S/C20H29N5O2.ClH/c1-15-6-5-7-17(14-15)27-13-4-3-8-18(26)22-20-23-19(24-25(20)2)16-9-11-21-12-10-16;/h5-7,14,16,21H,3-4,8-13H2,1-2H3,(H,22,23,24,26);1H. The van der Waals surface area contributed by atoms with Gasteiger partial charge in [0.25, 0.3) is 0 Å². The molecule has 1 aromatic carbocycles. The van der Waals surface area contributed by atoms with E-state index in [0.717, 1.165) is 50.3 Å². The molecule has 1 aliphatic rings. The summed E-state index contributed by atoms with van der Waals surface area (Å²) in [5, 5.41) is 10.7. The van der Waals surface area contributed by atoms with E-state index in [1.165, 1.54) is 5.56 Å². The lowest BCUT2D eigenvalue weighted by atomic mass is 9.98. The van der Waals surface area contributed by atoms with Gasteiger partial charge in [0, 0.05) is 19.4 Å². The van der Waals surface area contributed by atoms with Crippen LogP contribution in [0.5, 0.6) is 5.75 Å². The molecular formula is C20H30ClN5O2. The number of hydrogen-bond acceptors (Lipinski definition) is 5. The van der Waals surface area contributed by atoms with Gasteiger partial charge in [-0.25, -0.2) is 4.68 Å². The fraction of sp³-hybridized carbons (Fsp3) is 0.550. The quantitative estimate of drug-likeness (QED) is 0.657. The monoisotopic (exact) mass is 407 g/mol. The third kappa shape index (κ3) is 6.49. The number of ether oxygens (including phenoxy) is 1. The summed E-state index contributed by atoms with van der Waals surface area (Å²) in [5.41, 5.74) is 1.18. The topological polar surface area (TPSA) is 81.1 Å². The number of piperidine rings is 1. The van der Waals surface area contributed by atoms with Crippen molar-refractivity contribution in [2.24, 2.45) is 7.05 Å². The number of nitrogens with one attached hydrogen (secondary N) is 2. The second kappa shape index (κ2) is 11.0. The SMILES string of the molecule is Cc1cccc(OCCCCC(=O)Nc2nc(C3CCNCC3)nn2C)c1.Cl. The molecule has 2 aromatic rings. The molecule has 1 aromatic heterocycles. The Bertz CT molecular complexity index is 759. The third-order valence-electron chi connectivity index (χ3n) is 4.79. The van der Waals surface area contributed by atoms with Crippen molar-refractivity contribution in [1.82, 2.24) is 20.1 Å². The molecule has 28 heavy (non-hydrogen) atoms. The number of unbranched alkanes of at least 4 members (excludes halogenated alkanes) is 1. The van der Waals surface area contributed by atoms with E-state index in [2.05, 4.69) is 20.7 Å². The van der Waals surface area contributed by atoms with Crippen LogP contribution in [0.1, 0.15) is 49.4 Å². The van der Waals surface area contributed by atoms with Crippen molar-refractivity contribution in [3.05, 3.63) is 35.7 Å². The van der Waals surface area contributed by atoms with Crippen molar-refractivity contribution in [3.63, 3.8) is 0 Å². The summed E-state index contributed by atoms with van der Waals surface area (Å²) >= 11 is 0. The molecule has 1 fully saturated rings. The number of carbonyl (C=O) groups excluding carboxylic acids is 1. The van der Waals surface area contributed by atoms with Crippen LogP contribution in [-0.2, 0) is 11.8 Å². The largest absolute Gasteiger partial charge is 0.494 e. The Balaban J connectivity index is 0.00000280. The Morgan fingerprint density at radius 3 is 2.86 bits per heavy atom. The predicted octanol–water partition coefficient (Wildman–Crippen LogP) is 3.20. The van der Waals surface area contributed by atoms with Crippen LogP contribution in [0.25, 0.3) is 0 Å². The Morgan fingerprint density at radius 1 is 1.32 bits per heavy atom. The van der Waals surface area contributed by atoms with Crippen molar-refractivity contribution in [2.75, 3.05) is 25.0 Å². The van der Waals surface area contributed by atoms with Gasteiger partial charge in [-0.3, -0.25) is 10.1 Å². The zero-order chi connectivity index (χ0) is 19.1. The van der Waals surface area contributed by atoms with E-state index in [-0.39, 0.29) is 18.3 Å². The van der Waals surface area contributed by atoms with E-state index >= 15 is 0 Å². The first-order chi connectivity index (χ1) is 13.1. The van der Waals surface area contributed by atoms with Crippen molar-refractivity contribution < 1.29 is 9.53 Å². The molecule has 1 saturated heterocycles. The highest BCUT2D eigenvalue weighted by Crippen LogP contribution is 2.23. The molecule has 154 valence electrons. The number of halogens is 1. The Morgan fingerprint density at radius 2 is 2.11 bits per heavy atom. The smallest absolute Gasteiger partial charge is 0.227 e. The van der Waals surface area contributed by atoms with E-state index in [0.29, 0.717) is 24.9 Å². The molecule has 0 atom stereocenters. The van der Waals surface area contributed by atoms with Crippen LogP contribution >= 0.6 is 12.4 Å². The van der Waals surface area contributed by atoms with E-state index < -0.39 is 0 Å². The minimum atomic E-state index is -0.0297. The average Bonchev–Trinajstić information content (AvgIpc) is 3.03. The molecule has 0 saturated carbocycles. The zero-order valence-electron chi connectivity index (χ0n) is 16.6. The van der Waals surface area contributed by atoms with Gasteiger partial charge < -0.3 is 10.1 Å². The maximum Gasteiger partial charge on any atom is 0.227 e. The Hall–Kier alpha value is -2.12. The van der Waals surface area contributed by atoms with Gasteiger partial charge in [-0.1, -0.05) is 12.1 Å². The number of nitrogens with zero attached hydrogens (tertiary/aromatic N) is 3. The molecule has 3 rings (SSSR count). The molecular weight excluding hydrogens is 378 g/mol. The van der Waals surface area contributed by atoms with E-state index in [9.17, 15) is 4.79 Å². The lowest BCUT2D eigenvalue weighted by Crippen LogP contribution is -2.27. The van der Waals surface area contributed by atoms with Gasteiger partial charge in [0.05, 0.1) is 6.61 Å². The van der Waals surface area contributed by atoms with Gasteiger partial charge in [-0.15, -0.1) is 12.4 Å². The first kappa shape index (κ1) is 22.2. The number of hydrogen-bond donors (Lipinski definition) is 2. The van der Waals surface area contributed by atoms with Crippen LogP contribution < -0.4 is 15.4 Å². The first-order valence-electron chi connectivity index (χ1n) is 9.73. The second-order valence-electron chi connectivity index (χ2n) is 7.11. The molecule has 0 spiro atoms. The van der Waals surface area contributed by atoms with Crippen LogP contribution in [0.3, 0.4) is 0 Å². The Kier molecular flexibility index (Phi) is 8.73. The van der Waals surface area contributed by atoms with Crippen molar-refractivity contribution >= 4 is 24.3 Å². The lowest BCUT2D eigenvalue weighted by molar-refractivity contribution is -0.116. The van der Waals surface area contributed by atoms with Crippen LogP contribution in [-0.4, -0.2) is 40.4 Å². The van der Waals surface area contributed by atoms with Crippen LogP contribution in [0.15, 0.2) is 24.3 Å². The van der Waals surface area contributed by atoms with Crippen LogP contribution in [0.4, 0.5) is 5.95 Å². The van der Waals surface area contributed by atoms with Crippen LogP contribution in [0, 0.1) is 6.92 Å². The van der Waals surface area contributed by atoms with E-state index in [1.54, 1.807) is 4.68 Å². The molecule has 1 aliphatic heterocycles. The number of rotatable bonds is 8. The second-order valence-corrected chi connectivity index (χ2v) is 7.11. The summed E-state index contributed by atoms with van der Waals surface area (Å²) in [6, 6.07) is 7.99. The summed E-state index contributed by atoms with van der Waals surface area (Å²) in [4.78, 5) is 16.7. The minimum absolute atomic E-state index is 0. The van der Waals surface area contributed by atoms with Crippen molar-refractivity contribution in [2.45, 2.75) is 44.9 Å². The van der Waals surface area contributed by atoms with Gasteiger partial charge in [-0.05, 0) is 63.4 Å².